The number of carbonyl (C=O) groups excluding carboxylic acids is 1. The summed E-state index contributed by atoms with van der Waals surface area (Å²) in [5, 5.41) is 0. The summed E-state index contributed by atoms with van der Waals surface area (Å²) in [5.74, 6) is 0.845. The molecule has 0 radical (unpaired) electrons. The van der Waals surface area contributed by atoms with E-state index in [4.69, 9.17) is 4.74 Å². The van der Waals surface area contributed by atoms with Crippen LogP contribution in [0.3, 0.4) is 0 Å². The third-order valence-corrected chi connectivity index (χ3v) is 2.46. The highest BCUT2D eigenvalue weighted by atomic mass is 16.5. The minimum atomic E-state index is 0.0887. The highest BCUT2D eigenvalue weighted by Gasteiger charge is 2.10. The van der Waals surface area contributed by atoms with Crippen LogP contribution in [0.15, 0.2) is 42.7 Å². The van der Waals surface area contributed by atoms with Gasteiger partial charge in [-0.25, -0.2) is 0 Å². The SMILES string of the molecule is COc1ccccc1CC(=O)c1cc[nH]c1. The lowest BCUT2D eigenvalue weighted by Crippen LogP contribution is -2.03. The summed E-state index contributed by atoms with van der Waals surface area (Å²) in [4.78, 5) is 14.7. The van der Waals surface area contributed by atoms with Crippen molar-refractivity contribution in [2.24, 2.45) is 0 Å². The lowest BCUT2D eigenvalue weighted by Gasteiger charge is -2.06. The Morgan fingerprint density at radius 1 is 1.31 bits per heavy atom. The van der Waals surface area contributed by atoms with E-state index in [1.165, 1.54) is 0 Å². The van der Waals surface area contributed by atoms with E-state index in [2.05, 4.69) is 4.98 Å². The van der Waals surface area contributed by atoms with Crippen LogP contribution in [0.5, 0.6) is 5.75 Å². The van der Waals surface area contributed by atoms with E-state index in [1.807, 2.05) is 24.3 Å². The van der Waals surface area contributed by atoms with E-state index < -0.39 is 0 Å². The zero-order chi connectivity index (χ0) is 11.4. The maximum Gasteiger partial charge on any atom is 0.168 e. The van der Waals surface area contributed by atoms with Crippen molar-refractivity contribution in [2.75, 3.05) is 7.11 Å². The first-order valence-corrected chi connectivity index (χ1v) is 5.09. The summed E-state index contributed by atoms with van der Waals surface area (Å²) in [6, 6.07) is 9.34. The van der Waals surface area contributed by atoms with Crippen LogP contribution in [-0.4, -0.2) is 17.9 Å². The number of methoxy groups -OCH3 is 1. The van der Waals surface area contributed by atoms with Gasteiger partial charge in [0.05, 0.1) is 7.11 Å². The summed E-state index contributed by atoms with van der Waals surface area (Å²) >= 11 is 0. The van der Waals surface area contributed by atoms with Gasteiger partial charge in [-0.15, -0.1) is 0 Å². The van der Waals surface area contributed by atoms with Crippen LogP contribution in [0.2, 0.25) is 0 Å². The topological polar surface area (TPSA) is 42.1 Å². The summed E-state index contributed by atoms with van der Waals surface area (Å²) in [6.07, 6.45) is 3.81. The van der Waals surface area contributed by atoms with Gasteiger partial charge >= 0.3 is 0 Å². The standard InChI is InChI=1S/C13H13NO2/c1-16-13-5-3-2-4-10(13)8-12(15)11-6-7-14-9-11/h2-7,9,14H,8H2,1H3. The lowest BCUT2D eigenvalue weighted by molar-refractivity contribution is 0.0992. The number of benzene rings is 1. The number of ether oxygens (including phenoxy) is 1. The Labute approximate surface area is 94.1 Å². The number of carbonyl (C=O) groups is 1. The average Bonchev–Trinajstić information content (AvgIpc) is 2.83. The predicted octanol–water partition coefficient (Wildman–Crippen LogP) is 2.45. The molecule has 1 N–H and O–H groups in total. The molecule has 0 saturated carbocycles. The molecule has 0 aliphatic carbocycles. The molecule has 1 aromatic carbocycles. The summed E-state index contributed by atoms with van der Waals surface area (Å²) < 4.78 is 5.20. The van der Waals surface area contributed by atoms with Crippen molar-refractivity contribution >= 4 is 5.78 Å². The second-order valence-electron chi connectivity index (χ2n) is 3.51. The fourth-order valence-electron chi connectivity index (χ4n) is 1.62. The fraction of sp³-hybridized carbons (Fsp3) is 0.154. The molecule has 2 rings (SSSR count). The molecular formula is C13H13NO2. The second-order valence-corrected chi connectivity index (χ2v) is 3.51. The maximum absolute atomic E-state index is 11.9. The largest absolute Gasteiger partial charge is 0.496 e. The molecule has 16 heavy (non-hydrogen) atoms. The van der Waals surface area contributed by atoms with Crippen LogP contribution in [0.1, 0.15) is 15.9 Å². The molecule has 0 saturated heterocycles. The first-order valence-electron chi connectivity index (χ1n) is 5.09. The van der Waals surface area contributed by atoms with Crippen molar-refractivity contribution in [3.8, 4) is 5.75 Å². The maximum atomic E-state index is 11.9. The van der Waals surface area contributed by atoms with Gasteiger partial charge < -0.3 is 9.72 Å². The minimum absolute atomic E-state index is 0.0887. The molecule has 2 aromatic rings. The molecule has 0 atom stereocenters. The molecule has 3 nitrogen and oxygen atoms in total. The summed E-state index contributed by atoms with van der Waals surface area (Å²) in [6.45, 7) is 0. The number of Topliss-reactive ketones (excluding diaryl/α,β-unsaturated/α-hetero) is 1. The molecular weight excluding hydrogens is 202 g/mol. The molecule has 0 amide bonds. The Balaban J connectivity index is 2.18. The van der Waals surface area contributed by atoms with Crippen molar-refractivity contribution in [1.29, 1.82) is 0 Å². The van der Waals surface area contributed by atoms with Gasteiger partial charge in [0.25, 0.3) is 0 Å². The average molecular weight is 215 g/mol. The van der Waals surface area contributed by atoms with Gasteiger partial charge in [-0.1, -0.05) is 18.2 Å². The number of para-hydroxylation sites is 1. The minimum Gasteiger partial charge on any atom is -0.496 e. The smallest absolute Gasteiger partial charge is 0.168 e. The number of rotatable bonds is 4. The molecule has 82 valence electrons. The third-order valence-electron chi connectivity index (χ3n) is 2.46. The van der Waals surface area contributed by atoms with E-state index in [1.54, 1.807) is 25.6 Å². The van der Waals surface area contributed by atoms with Crippen LogP contribution in [0.4, 0.5) is 0 Å². The number of hydrogen-bond donors (Lipinski definition) is 1. The monoisotopic (exact) mass is 215 g/mol. The zero-order valence-electron chi connectivity index (χ0n) is 9.07. The predicted molar refractivity (Wildman–Crippen MR) is 61.8 cm³/mol. The van der Waals surface area contributed by atoms with Crippen molar-refractivity contribution in [2.45, 2.75) is 6.42 Å². The normalized spacial score (nSPS) is 10.1. The number of aromatic nitrogens is 1. The molecule has 3 heteroatoms. The van der Waals surface area contributed by atoms with Gasteiger partial charge in [-0.2, -0.15) is 0 Å². The van der Waals surface area contributed by atoms with E-state index in [-0.39, 0.29) is 5.78 Å². The Morgan fingerprint density at radius 3 is 2.81 bits per heavy atom. The fourth-order valence-corrected chi connectivity index (χ4v) is 1.62. The van der Waals surface area contributed by atoms with Crippen molar-refractivity contribution in [3.05, 3.63) is 53.9 Å². The third kappa shape index (κ3) is 2.14. The van der Waals surface area contributed by atoms with Gasteiger partial charge in [-0.3, -0.25) is 4.79 Å². The van der Waals surface area contributed by atoms with Crippen LogP contribution >= 0.6 is 0 Å². The molecule has 0 spiro atoms. The molecule has 0 bridgehead atoms. The van der Waals surface area contributed by atoms with Crippen LogP contribution < -0.4 is 4.74 Å². The first kappa shape index (κ1) is 10.5. The number of H-pyrrole nitrogens is 1. The van der Waals surface area contributed by atoms with Crippen molar-refractivity contribution in [3.63, 3.8) is 0 Å². The van der Waals surface area contributed by atoms with Gasteiger partial charge in [0.1, 0.15) is 5.75 Å². The Kier molecular flexibility index (Phi) is 3.05. The molecule has 1 heterocycles. The van der Waals surface area contributed by atoms with E-state index in [0.717, 1.165) is 11.3 Å². The van der Waals surface area contributed by atoms with E-state index >= 15 is 0 Å². The molecule has 0 fully saturated rings. The lowest BCUT2D eigenvalue weighted by atomic mass is 10.0. The molecule has 0 unspecified atom stereocenters. The van der Waals surface area contributed by atoms with E-state index in [0.29, 0.717) is 12.0 Å². The highest BCUT2D eigenvalue weighted by Crippen LogP contribution is 2.19. The Morgan fingerprint density at radius 2 is 2.12 bits per heavy atom. The zero-order valence-corrected chi connectivity index (χ0v) is 9.07. The van der Waals surface area contributed by atoms with Crippen molar-refractivity contribution in [1.82, 2.24) is 4.98 Å². The summed E-state index contributed by atoms with van der Waals surface area (Å²) in [7, 11) is 1.61. The van der Waals surface area contributed by atoms with Gasteiger partial charge in [0.15, 0.2) is 5.78 Å². The van der Waals surface area contributed by atoms with E-state index in [9.17, 15) is 4.79 Å². The highest BCUT2D eigenvalue weighted by molar-refractivity contribution is 5.97. The number of hydrogen-bond acceptors (Lipinski definition) is 2. The molecule has 1 aromatic heterocycles. The van der Waals surface area contributed by atoms with Gasteiger partial charge in [0.2, 0.25) is 0 Å². The first-order chi connectivity index (χ1) is 7.81. The van der Waals surface area contributed by atoms with Crippen LogP contribution in [-0.2, 0) is 6.42 Å². The van der Waals surface area contributed by atoms with Gasteiger partial charge in [0, 0.05) is 29.9 Å². The number of aromatic amines is 1. The summed E-state index contributed by atoms with van der Waals surface area (Å²) in [5.41, 5.74) is 1.61. The number of ketones is 1. The Hall–Kier alpha value is -2.03. The van der Waals surface area contributed by atoms with Crippen LogP contribution in [0.25, 0.3) is 0 Å². The van der Waals surface area contributed by atoms with Crippen LogP contribution in [0, 0.1) is 0 Å². The molecule has 0 aliphatic rings. The second kappa shape index (κ2) is 4.66. The quantitative estimate of drug-likeness (QED) is 0.796. The Bertz CT molecular complexity index is 474. The van der Waals surface area contributed by atoms with Crippen molar-refractivity contribution < 1.29 is 9.53 Å². The van der Waals surface area contributed by atoms with Gasteiger partial charge in [-0.05, 0) is 12.1 Å². The molecule has 0 aliphatic heterocycles. The number of nitrogens with one attached hydrogen (secondary N) is 1.